The number of carbonyl (C=O) groups is 2. The number of rotatable bonds is 7. The number of nitrogens with one attached hydrogen (secondary N) is 2. The molecule has 1 saturated heterocycles. The van der Waals surface area contributed by atoms with Gasteiger partial charge in [-0.25, -0.2) is 0 Å². The van der Waals surface area contributed by atoms with Crippen LogP contribution in [0.25, 0.3) is 0 Å². The lowest BCUT2D eigenvalue weighted by atomic mass is 9.96. The molecule has 6 heteroatoms. The lowest BCUT2D eigenvalue weighted by Crippen LogP contribution is -2.40. The number of halogens is 1. The van der Waals surface area contributed by atoms with E-state index in [-0.39, 0.29) is 23.8 Å². The van der Waals surface area contributed by atoms with Crippen LogP contribution < -0.4 is 10.6 Å². The van der Waals surface area contributed by atoms with Gasteiger partial charge in [-0.3, -0.25) is 14.5 Å². The molecule has 5 nitrogen and oxygen atoms in total. The quantitative estimate of drug-likeness (QED) is 0.607. The minimum Gasteiger partial charge on any atom is -0.350 e. The first-order valence-corrected chi connectivity index (χ1v) is 11.4. The molecular formula is C24H30BrN3O2. The number of hydrogen-bond acceptors (Lipinski definition) is 3. The Morgan fingerprint density at radius 3 is 2.77 bits per heavy atom. The molecule has 3 rings (SSSR count). The zero-order valence-corrected chi connectivity index (χ0v) is 19.2. The smallest absolute Gasteiger partial charge is 0.253 e. The van der Waals surface area contributed by atoms with Crippen LogP contribution in [-0.2, 0) is 11.3 Å². The first kappa shape index (κ1) is 22.5. The number of likely N-dealkylation sites (tertiary alicyclic amines) is 1. The molecule has 1 aliphatic rings. The average molecular weight is 472 g/mol. The first-order valence-electron chi connectivity index (χ1n) is 10.6. The van der Waals surface area contributed by atoms with E-state index < -0.39 is 0 Å². The topological polar surface area (TPSA) is 61.4 Å². The maximum absolute atomic E-state index is 13.0. The highest BCUT2D eigenvalue weighted by atomic mass is 79.9. The van der Waals surface area contributed by atoms with Crippen LogP contribution >= 0.6 is 15.9 Å². The third-order valence-corrected chi connectivity index (χ3v) is 6.08. The average Bonchev–Trinajstić information content (AvgIpc) is 2.74. The van der Waals surface area contributed by atoms with Crippen LogP contribution in [-0.4, -0.2) is 35.8 Å². The number of anilines is 1. The van der Waals surface area contributed by atoms with E-state index >= 15 is 0 Å². The summed E-state index contributed by atoms with van der Waals surface area (Å²) in [7, 11) is 0. The molecule has 2 unspecified atom stereocenters. The van der Waals surface area contributed by atoms with Gasteiger partial charge in [-0.05, 0) is 62.6 Å². The van der Waals surface area contributed by atoms with E-state index in [9.17, 15) is 9.59 Å². The van der Waals surface area contributed by atoms with Crippen molar-refractivity contribution >= 4 is 33.4 Å². The largest absolute Gasteiger partial charge is 0.350 e. The van der Waals surface area contributed by atoms with Crippen molar-refractivity contribution < 1.29 is 9.59 Å². The number of para-hydroxylation sites is 1. The minimum absolute atomic E-state index is 0.0160. The molecule has 0 radical (unpaired) electrons. The Morgan fingerprint density at radius 1 is 1.20 bits per heavy atom. The van der Waals surface area contributed by atoms with E-state index in [1.165, 1.54) is 5.56 Å². The molecule has 2 aromatic rings. The van der Waals surface area contributed by atoms with Gasteiger partial charge < -0.3 is 10.6 Å². The Morgan fingerprint density at radius 2 is 2.00 bits per heavy atom. The summed E-state index contributed by atoms with van der Waals surface area (Å²) < 4.78 is 1.07. The van der Waals surface area contributed by atoms with Crippen molar-refractivity contribution in [3.63, 3.8) is 0 Å². The van der Waals surface area contributed by atoms with Crippen LogP contribution in [0, 0.1) is 5.92 Å². The summed E-state index contributed by atoms with van der Waals surface area (Å²) in [6, 6.07) is 15.6. The number of piperidine rings is 1. The van der Waals surface area contributed by atoms with Gasteiger partial charge in [0.1, 0.15) is 0 Å². The van der Waals surface area contributed by atoms with E-state index in [4.69, 9.17) is 0 Å². The third kappa shape index (κ3) is 6.16. The van der Waals surface area contributed by atoms with E-state index in [1.54, 1.807) is 12.1 Å². The molecule has 2 N–H and O–H groups in total. The van der Waals surface area contributed by atoms with Crippen molar-refractivity contribution in [3.05, 3.63) is 64.1 Å². The molecular weight excluding hydrogens is 442 g/mol. The summed E-state index contributed by atoms with van der Waals surface area (Å²) in [5.74, 6) is -0.255. The summed E-state index contributed by atoms with van der Waals surface area (Å²) in [6.07, 6.45) is 2.71. The van der Waals surface area contributed by atoms with Gasteiger partial charge in [0.2, 0.25) is 5.91 Å². The zero-order chi connectivity index (χ0) is 21.5. The van der Waals surface area contributed by atoms with Crippen molar-refractivity contribution in [1.82, 2.24) is 10.2 Å². The van der Waals surface area contributed by atoms with Crippen molar-refractivity contribution in [2.24, 2.45) is 5.92 Å². The highest BCUT2D eigenvalue weighted by molar-refractivity contribution is 9.10. The normalized spacial score (nSPS) is 17.9. The van der Waals surface area contributed by atoms with Crippen LogP contribution in [0.5, 0.6) is 0 Å². The Kier molecular flexibility index (Phi) is 8.05. The fraction of sp³-hybridized carbons (Fsp3) is 0.417. The van der Waals surface area contributed by atoms with Gasteiger partial charge in [-0.15, -0.1) is 0 Å². The Labute approximate surface area is 187 Å². The SMILES string of the molecule is CCC(C)NC(=O)c1ccccc1NC(=O)C1CCCN(Cc2cccc(Br)c2)C1. The first-order chi connectivity index (χ1) is 14.5. The lowest BCUT2D eigenvalue weighted by Gasteiger charge is -2.32. The number of benzene rings is 2. The number of amides is 2. The highest BCUT2D eigenvalue weighted by Gasteiger charge is 2.27. The van der Waals surface area contributed by atoms with E-state index in [0.29, 0.717) is 11.3 Å². The van der Waals surface area contributed by atoms with Crippen molar-refractivity contribution in [3.8, 4) is 0 Å². The van der Waals surface area contributed by atoms with Gasteiger partial charge in [0.15, 0.2) is 0 Å². The monoisotopic (exact) mass is 471 g/mol. The predicted molar refractivity (Wildman–Crippen MR) is 124 cm³/mol. The molecule has 1 aliphatic heterocycles. The fourth-order valence-corrected chi connectivity index (χ4v) is 4.18. The van der Waals surface area contributed by atoms with Crippen LogP contribution in [0.4, 0.5) is 5.69 Å². The molecule has 0 bridgehead atoms. The molecule has 160 valence electrons. The Hall–Kier alpha value is -2.18. The standard InChI is InChI=1S/C24H30BrN3O2/c1-3-17(2)26-24(30)21-11-4-5-12-22(21)27-23(29)19-9-7-13-28(16-19)15-18-8-6-10-20(25)14-18/h4-6,8,10-12,14,17,19H,3,7,9,13,15-16H2,1-2H3,(H,26,30)(H,27,29). The molecule has 1 fully saturated rings. The van der Waals surface area contributed by atoms with Crippen molar-refractivity contribution in [2.75, 3.05) is 18.4 Å². The molecule has 30 heavy (non-hydrogen) atoms. The van der Waals surface area contributed by atoms with Gasteiger partial charge in [0, 0.05) is 23.6 Å². The minimum atomic E-state index is -0.153. The second-order valence-corrected chi connectivity index (χ2v) is 8.94. The maximum atomic E-state index is 13.0. The Balaban J connectivity index is 1.64. The van der Waals surface area contributed by atoms with Gasteiger partial charge in [0.05, 0.1) is 17.2 Å². The van der Waals surface area contributed by atoms with Gasteiger partial charge >= 0.3 is 0 Å². The maximum Gasteiger partial charge on any atom is 0.253 e. The fourth-order valence-electron chi connectivity index (χ4n) is 3.74. The van der Waals surface area contributed by atoms with E-state index in [1.807, 2.05) is 38.1 Å². The lowest BCUT2D eigenvalue weighted by molar-refractivity contribution is -0.121. The van der Waals surface area contributed by atoms with E-state index in [2.05, 4.69) is 43.6 Å². The number of hydrogen-bond donors (Lipinski definition) is 2. The predicted octanol–water partition coefficient (Wildman–Crippen LogP) is 4.83. The molecule has 2 amide bonds. The summed E-state index contributed by atoms with van der Waals surface area (Å²) in [5.41, 5.74) is 2.32. The van der Waals surface area contributed by atoms with Crippen molar-refractivity contribution in [2.45, 2.75) is 45.7 Å². The van der Waals surface area contributed by atoms with Gasteiger partial charge in [0.25, 0.3) is 5.91 Å². The van der Waals surface area contributed by atoms with Crippen LogP contribution in [0.15, 0.2) is 53.0 Å². The summed E-state index contributed by atoms with van der Waals surface area (Å²) in [5, 5.41) is 5.99. The molecule has 0 saturated carbocycles. The third-order valence-electron chi connectivity index (χ3n) is 5.59. The summed E-state index contributed by atoms with van der Waals surface area (Å²) >= 11 is 3.52. The number of nitrogens with zero attached hydrogens (tertiary/aromatic N) is 1. The van der Waals surface area contributed by atoms with Crippen LogP contribution in [0.3, 0.4) is 0 Å². The summed E-state index contributed by atoms with van der Waals surface area (Å²) in [6.45, 7) is 6.55. The molecule has 1 heterocycles. The Bertz CT molecular complexity index is 886. The second kappa shape index (κ2) is 10.7. The van der Waals surface area contributed by atoms with Gasteiger partial charge in [-0.2, -0.15) is 0 Å². The molecule has 2 aromatic carbocycles. The molecule has 0 aromatic heterocycles. The molecule has 0 aliphatic carbocycles. The zero-order valence-electron chi connectivity index (χ0n) is 17.7. The molecule has 0 spiro atoms. The number of carbonyl (C=O) groups excluding carboxylic acids is 2. The van der Waals surface area contributed by atoms with E-state index in [0.717, 1.165) is 43.4 Å². The van der Waals surface area contributed by atoms with Crippen molar-refractivity contribution in [1.29, 1.82) is 0 Å². The van der Waals surface area contributed by atoms with Gasteiger partial charge in [-0.1, -0.05) is 47.1 Å². The second-order valence-electron chi connectivity index (χ2n) is 8.02. The highest BCUT2D eigenvalue weighted by Crippen LogP contribution is 2.23. The van der Waals surface area contributed by atoms with Crippen LogP contribution in [0.2, 0.25) is 0 Å². The summed E-state index contributed by atoms with van der Waals surface area (Å²) in [4.78, 5) is 27.9. The molecule has 2 atom stereocenters. The van der Waals surface area contributed by atoms with Crippen LogP contribution in [0.1, 0.15) is 49.0 Å².